The third kappa shape index (κ3) is 6.70. The van der Waals surface area contributed by atoms with Crippen molar-refractivity contribution in [2.24, 2.45) is 16.3 Å². The van der Waals surface area contributed by atoms with Crippen LogP contribution in [0.5, 0.6) is 0 Å². The van der Waals surface area contributed by atoms with Crippen molar-refractivity contribution >= 4 is 29.9 Å². The molecule has 2 rings (SSSR count). The van der Waals surface area contributed by atoms with Gasteiger partial charge in [0.1, 0.15) is 0 Å². The molecule has 0 unspecified atom stereocenters. The van der Waals surface area contributed by atoms with Crippen LogP contribution >= 0.6 is 24.0 Å². The third-order valence-corrected chi connectivity index (χ3v) is 5.89. The van der Waals surface area contributed by atoms with E-state index in [0.29, 0.717) is 5.41 Å². The van der Waals surface area contributed by atoms with Crippen molar-refractivity contribution in [1.82, 2.24) is 10.2 Å². The number of nitrogens with one attached hydrogen (secondary N) is 1. The van der Waals surface area contributed by atoms with Crippen molar-refractivity contribution in [1.29, 1.82) is 0 Å². The van der Waals surface area contributed by atoms with E-state index < -0.39 is 0 Å². The van der Waals surface area contributed by atoms with E-state index in [-0.39, 0.29) is 24.0 Å². The summed E-state index contributed by atoms with van der Waals surface area (Å²) in [6.45, 7) is 9.42. The zero-order chi connectivity index (χ0) is 16.5. The van der Waals surface area contributed by atoms with E-state index in [4.69, 9.17) is 9.73 Å². The number of guanidine groups is 1. The molecule has 4 nitrogen and oxygen atoms in total. The van der Waals surface area contributed by atoms with E-state index in [2.05, 4.69) is 31.1 Å². The maximum Gasteiger partial charge on any atom is 0.193 e. The summed E-state index contributed by atoms with van der Waals surface area (Å²) in [6, 6.07) is 0. The van der Waals surface area contributed by atoms with E-state index in [9.17, 15) is 0 Å². The maximum absolute atomic E-state index is 5.46. The van der Waals surface area contributed by atoms with E-state index in [0.717, 1.165) is 44.7 Å². The first-order valence-electron chi connectivity index (χ1n) is 9.76. The van der Waals surface area contributed by atoms with Gasteiger partial charge in [-0.1, -0.05) is 19.8 Å². The molecular formula is C19H38IN3O. The Morgan fingerprint density at radius 1 is 1.21 bits per heavy atom. The standard InChI is InChI=1S/C19H37N3O.HI/c1-4-19(11-6-7-12-19)16-21-18(20-5-2)22(3)13-8-17-9-14-23-15-10-17;/h17H,4-16H2,1-3H3,(H,20,21);1H. The van der Waals surface area contributed by atoms with E-state index in [1.54, 1.807) is 0 Å². The monoisotopic (exact) mass is 451 g/mol. The molecule has 0 aromatic heterocycles. The average molecular weight is 451 g/mol. The predicted octanol–water partition coefficient (Wildman–Crippen LogP) is 4.29. The minimum absolute atomic E-state index is 0. The van der Waals surface area contributed by atoms with Crippen LogP contribution in [0.1, 0.15) is 65.2 Å². The van der Waals surface area contributed by atoms with Gasteiger partial charge in [0.15, 0.2) is 5.96 Å². The minimum atomic E-state index is 0. The van der Waals surface area contributed by atoms with Gasteiger partial charge < -0.3 is 15.0 Å². The molecule has 5 heteroatoms. The van der Waals surface area contributed by atoms with Crippen LogP contribution in [-0.2, 0) is 4.74 Å². The van der Waals surface area contributed by atoms with Gasteiger partial charge in [0, 0.05) is 39.9 Å². The second-order valence-corrected chi connectivity index (χ2v) is 7.50. The molecule has 0 atom stereocenters. The summed E-state index contributed by atoms with van der Waals surface area (Å²) in [4.78, 5) is 7.34. The van der Waals surface area contributed by atoms with Gasteiger partial charge in [-0.25, -0.2) is 0 Å². The number of nitrogens with zero attached hydrogens (tertiary/aromatic N) is 2. The Bertz CT molecular complexity index is 364. The van der Waals surface area contributed by atoms with E-state index >= 15 is 0 Å². The zero-order valence-electron chi connectivity index (χ0n) is 16.0. The predicted molar refractivity (Wildman–Crippen MR) is 113 cm³/mol. The highest BCUT2D eigenvalue weighted by Gasteiger charge is 2.31. The number of hydrogen-bond acceptors (Lipinski definition) is 2. The fourth-order valence-electron chi connectivity index (χ4n) is 3.98. The molecule has 0 radical (unpaired) electrons. The lowest BCUT2D eigenvalue weighted by molar-refractivity contribution is 0.0625. The fourth-order valence-corrected chi connectivity index (χ4v) is 3.98. The van der Waals surface area contributed by atoms with Crippen molar-refractivity contribution in [2.75, 3.05) is 39.9 Å². The van der Waals surface area contributed by atoms with Crippen molar-refractivity contribution < 1.29 is 4.74 Å². The molecule has 0 aromatic rings. The van der Waals surface area contributed by atoms with Crippen LogP contribution in [0.3, 0.4) is 0 Å². The lowest BCUT2D eigenvalue weighted by Crippen LogP contribution is -2.41. The van der Waals surface area contributed by atoms with Gasteiger partial charge in [-0.05, 0) is 56.8 Å². The van der Waals surface area contributed by atoms with Gasteiger partial charge >= 0.3 is 0 Å². The van der Waals surface area contributed by atoms with E-state index in [1.165, 1.54) is 51.4 Å². The van der Waals surface area contributed by atoms with Crippen LogP contribution in [0.25, 0.3) is 0 Å². The topological polar surface area (TPSA) is 36.9 Å². The summed E-state index contributed by atoms with van der Waals surface area (Å²) in [5.74, 6) is 1.92. The molecule has 1 N–H and O–H groups in total. The fraction of sp³-hybridized carbons (Fsp3) is 0.947. The summed E-state index contributed by atoms with van der Waals surface area (Å²) < 4.78 is 5.46. The molecule has 1 aliphatic heterocycles. The Morgan fingerprint density at radius 3 is 2.46 bits per heavy atom. The van der Waals surface area contributed by atoms with Crippen molar-refractivity contribution in [3.8, 4) is 0 Å². The van der Waals surface area contributed by atoms with Crippen LogP contribution < -0.4 is 5.32 Å². The largest absolute Gasteiger partial charge is 0.381 e. The summed E-state index contributed by atoms with van der Waals surface area (Å²) >= 11 is 0. The Labute approximate surface area is 166 Å². The summed E-state index contributed by atoms with van der Waals surface area (Å²) in [5.41, 5.74) is 0.474. The first kappa shape index (κ1) is 22.0. The lowest BCUT2D eigenvalue weighted by Gasteiger charge is -2.29. The second kappa shape index (κ2) is 11.6. The van der Waals surface area contributed by atoms with Gasteiger partial charge in [-0.3, -0.25) is 4.99 Å². The molecule has 0 aromatic carbocycles. The molecule has 0 spiro atoms. The van der Waals surface area contributed by atoms with Crippen molar-refractivity contribution in [3.05, 3.63) is 0 Å². The molecule has 0 bridgehead atoms. The summed E-state index contributed by atoms with van der Waals surface area (Å²) in [6.07, 6.45) is 10.5. The number of halogens is 1. The normalized spacial score (nSPS) is 21.4. The smallest absolute Gasteiger partial charge is 0.193 e. The van der Waals surface area contributed by atoms with E-state index in [1.807, 2.05) is 0 Å². The van der Waals surface area contributed by atoms with Crippen LogP contribution in [0.2, 0.25) is 0 Å². The molecule has 2 fully saturated rings. The maximum atomic E-state index is 5.46. The number of ether oxygens (including phenoxy) is 1. The highest BCUT2D eigenvalue weighted by Crippen LogP contribution is 2.41. The Morgan fingerprint density at radius 2 is 1.88 bits per heavy atom. The Kier molecular flexibility index (Phi) is 10.6. The average Bonchev–Trinajstić information content (AvgIpc) is 3.07. The molecule has 142 valence electrons. The minimum Gasteiger partial charge on any atom is -0.381 e. The highest BCUT2D eigenvalue weighted by atomic mass is 127. The summed E-state index contributed by atoms with van der Waals surface area (Å²) in [5, 5.41) is 3.49. The molecule has 1 saturated heterocycles. The van der Waals surface area contributed by atoms with Gasteiger partial charge in [-0.15, -0.1) is 24.0 Å². The van der Waals surface area contributed by atoms with Gasteiger partial charge in [0.25, 0.3) is 0 Å². The Balaban J connectivity index is 0.00000288. The Hall–Kier alpha value is -0.0400. The molecular weight excluding hydrogens is 413 g/mol. The molecule has 0 amide bonds. The second-order valence-electron chi connectivity index (χ2n) is 7.50. The highest BCUT2D eigenvalue weighted by molar-refractivity contribution is 14.0. The molecule has 1 saturated carbocycles. The van der Waals surface area contributed by atoms with Crippen LogP contribution in [0.15, 0.2) is 4.99 Å². The van der Waals surface area contributed by atoms with Crippen molar-refractivity contribution in [3.63, 3.8) is 0 Å². The van der Waals surface area contributed by atoms with Gasteiger partial charge in [-0.2, -0.15) is 0 Å². The third-order valence-electron chi connectivity index (χ3n) is 5.89. The van der Waals surface area contributed by atoms with Crippen LogP contribution in [0, 0.1) is 11.3 Å². The number of aliphatic imine (C=N–C) groups is 1. The first-order valence-corrected chi connectivity index (χ1v) is 9.76. The number of hydrogen-bond donors (Lipinski definition) is 1. The molecule has 1 heterocycles. The quantitative estimate of drug-likeness (QED) is 0.357. The zero-order valence-corrected chi connectivity index (χ0v) is 18.3. The lowest BCUT2D eigenvalue weighted by atomic mass is 9.83. The van der Waals surface area contributed by atoms with Crippen LogP contribution in [-0.4, -0.2) is 50.8 Å². The molecule has 24 heavy (non-hydrogen) atoms. The summed E-state index contributed by atoms with van der Waals surface area (Å²) in [7, 11) is 2.19. The SMILES string of the molecule is CCNC(=NCC1(CC)CCCC1)N(C)CCC1CCOCC1.I. The first-order chi connectivity index (χ1) is 11.2. The van der Waals surface area contributed by atoms with Crippen LogP contribution in [0.4, 0.5) is 0 Å². The molecule has 2 aliphatic rings. The molecule has 1 aliphatic carbocycles. The van der Waals surface area contributed by atoms with Crippen molar-refractivity contribution in [2.45, 2.75) is 65.2 Å². The van der Waals surface area contributed by atoms with Gasteiger partial charge in [0.2, 0.25) is 0 Å². The van der Waals surface area contributed by atoms with Gasteiger partial charge in [0.05, 0.1) is 0 Å². The number of rotatable bonds is 7.